The molecule has 0 saturated heterocycles. The highest BCUT2D eigenvalue weighted by Gasteiger charge is 2.31. The molecule has 0 aliphatic heterocycles. The summed E-state index contributed by atoms with van der Waals surface area (Å²) in [5.41, 5.74) is 7.08. The van der Waals surface area contributed by atoms with Crippen LogP contribution < -0.4 is 11.1 Å². The van der Waals surface area contributed by atoms with Gasteiger partial charge < -0.3 is 11.1 Å². The Morgan fingerprint density at radius 2 is 2.19 bits per heavy atom. The first-order chi connectivity index (χ1) is 7.76. The molecule has 3 N–H and O–H groups in total. The summed E-state index contributed by atoms with van der Waals surface area (Å²) in [6.07, 6.45) is 8.44. The maximum Gasteiger partial charge on any atom is 0.149 e. The molecule has 1 saturated carbocycles. The van der Waals surface area contributed by atoms with E-state index in [2.05, 4.69) is 17.2 Å². The molecule has 1 aliphatic carbocycles. The molecule has 88 valence electrons. The van der Waals surface area contributed by atoms with Gasteiger partial charge >= 0.3 is 0 Å². The second kappa shape index (κ2) is 4.73. The van der Waals surface area contributed by atoms with E-state index >= 15 is 0 Å². The molecular formula is C13H21N3. The molecule has 16 heavy (non-hydrogen) atoms. The van der Waals surface area contributed by atoms with E-state index in [1.165, 1.54) is 32.1 Å². The SMILES string of the molecule is CCC1(CNc2ncccc2N)CCCC1. The monoisotopic (exact) mass is 219 g/mol. The summed E-state index contributed by atoms with van der Waals surface area (Å²) in [6.45, 7) is 3.29. The van der Waals surface area contributed by atoms with Gasteiger partial charge in [-0.1, -0.05) is 19.8 Å². The van der Waals surface area contributed by atoms with Crippen LogP contribution in [-0.4, -0.2) is 11.5 Å². The van der Waals surface area contributed by atoms with E-state index < -0.39 is 0 Å². The zero-order chi connectivity index (χ0) is 11.4. The van der Waals surface area contributed by atoms with Crippen molar-refractivity contribution in [3.05, 3.63) is 18.3 Å². The number of rotatable bonds is 4. The third-order valence-electron chi connectivity index (χ3n) is 3.88. The van der Waals surface area contributed by atoms with Gasteiger partial charge in [-0.2, -0.15) is 0 Å². The van der Waals surface area contributed by atoms with Crippen molar-refractivity contribution < 1.29 is 0 Å². The molecule has 0 atom stereocenters. The lowest BCUT2D eigenvalue weighted by molar-refractivity contribution is 0.306. The Labute approximate surface area is 97.5 Å². The number of nitrogens with zero attached hydrogens (tertiary/aromatic N) is 1. The van der Waals surface area contributed by atoms with Crippen molar-refractivity contribution in [1.29, 1.82) is 0 Å². The summed E-state index contributed by atoms with van der Waals surface area (Å²) < 4.78 is 0. The predicted octanol–water partition coefficient (Wildman–Crippen LogP) is 3.05. The molecule has 0 bridgehead atoms. The minimum absolute atomic E-state index is 0.476. The van der Waals surface area contributed by atoms with Crippen molar-refractivity contribution in [2.24, 2.45) is 5.41 Å². The Hall–Kier alpha value is -1.25. The summed E-state index contributed by atoms with van der Waals surface area (Å²) in [5, 5.41) is 3.41. The molecule has 2 rings (SSSR count). The number of pyridine rings is 1. The summed E-state index contributed by atoms with van der Waals surface area (Å²) in [7, 11) is 0. The van der Waals surface area contributed by atoms with Crippen molar-refractivity contribution in [2.45, 2.75) is 39.0 Å². The lowest BCUT2D eigenvalue weighted by atomic mass is 9.83. The van der Waals surface area contributed by atoms with Crippen LogP contribution >= 0.6 is 0 Å². The van der Waals surface area contributed by atoms with Crippen molar-refractivity contribution in [1.82, 2.24) is 4.98 Å². The normalized spacial score (nSPS) is 18.6. The first-order valence-corrected chi connectivity index (χ1v) is 6.20. The molecule has 3 nitrogen and oxygen atoms in total. The number of hydrogen-bond donors (Lipinski definition) is 2. The first-order valence-electron chi connectivity index (χ1n) is 6.20. The highest BCUT2D eigenvalue weighted by molar-refractivity contribution is 5.60. The minimum Gasteiger partial charge on any atom is -0.396 e. The fourth-order valence-corrected chi connectivity index (χ4v) is 2.62. The van der Waals surface area contributed by atoms with Gasteiger partial charge in [-0.3, -0.25) is 0 Å². The van der Waals surface area contributed by atoms with Crippen LogP contribution in [0.15, 0.2) is 18.3 Å². The van der Waals surface area contributed by atoms with Gasteiger partial charge in [0.2, 0.25) is 0 Å². The van der Waals surface area contributed by atoms with Crippen LogP contribution in [0.1, 0.15) is 39.0 Å². The lowest BCUT2D eigenvalue weighted by Crippen LogP contribution is -2.26. The zero-order valence-corrected chi connectivity index (χ0v) is 10.00. The Morgan fingerprint density at radius 3 is 2.81 bits per heavy atom. The molecule has 0 radical (unpaired) electrons. The molecule has 0 unspecified atom stereocenters. The van der Waals surface area contributed by atoms with Gasteiger partial charge in [-0.05, 0) is 36.8 Å². The Morgan fingerprint density at radius 1 is 1.44 bits per heavy atom. The van der Waals surface area contributed by atoms with Crippen LogP contribution in [0.25, 0.3) is 0 Å². The quantitative estimate of drug-likeness (QED) is 0.818. The predicted molar refractivity (Wildman–Crippen MR) is 68.3 cm³/mol. The minimum atomic E-state index is 0.476. The van der Waals surface area contributed by atoms with Gasteiger partial charge in [-0.15, -0.1) is 0 Å². The molecule has 1 aliphatic rings. The third-order valence-corrected chi connectivity index (χ3v) is 3.88. The Kier molecular flexibility index (Phi) is 3.32. The molecule has 1 aromatic rings. The van der Waals surface area contributed by atoms with Crippen LogP contribution in [-0.2, 0) is 0 Å². The fraction of sp³-hybridized carbons (Fsp3) is 0.615. The van der Waals surface area contributed by atoms with E-state index in [1.54, 1.807) is 6.20 Å². The molecule has 1 fully saturated rings. The number of nitrogen functional groups attached to an aromatic ring is 1. The largest absolute Gasteiger partial charge is 0.396 e. The van der Waals surface area contributed by atoms with E-state index in [1.807, 2.05) is 12.1 Å². The van der Waals surface area contributed by atoms with Gasteiger partial charge in [0, 0.05) is 12.7 Å². The molecule has 0 amide bonds. The number of hydrogen-bond acceptors (Lipinski definition) is 3. The van der Waals surface area contributed by atoms with E-state index in [0.717, 1.165) is 18.1 Å². The number of nitrogens with two attached hydrogens (primary N) is 1. The molecule has 1 aromatic heterocycles. The van der Waals surface area contributed by atoms with E-state index in [0.29, 0.717) is 5.41 Å². The maximum absolute atomic E-state index is 5.86. The van der Waals surface area contributed by atoms with Crippen LogP contribution in [0.3, 0.4) is 0 Å². The average molecular weight is 219 g/mol. The molecule has 1 heterocycles. The van der Waals surface area contributed by atoms with E-state index in [-0.39, 0.29) is 0 Å². The van der Waals surface area contributed by atoms with Crippen LogP contribution in [0.2, 0.25) is 0 Å². The van der Waals surface area contributed by atoms with Crippen molar-refractivity contribution in [3.63, 3.8) is 0 Å². The second-order valence-corrected chi connectivity index (χ2v) is 4.86. The van der Waals surface area contributed by atoms with E-state index in [9.17, 15) is 0 Å². The summed E-state index contributed by atoms with van der Waals surface area (Å²) in [5.74, 6) is 0.835. The zero-order valence-electron chi connectivity index (χ0n) is 10.00. The molecule has 0 aromatic carbocycles. The average Bonchev–Trinajstić information content (AvgIpc) is 2.78. The highest BCUT2D eigenvalue weighted by Crippen LogP contribution is 2.41. The third kappa shape index (κ3) is 2.29. The van der Waals surface area contributed by atoms with Crippen molar-refractivity contribution in [2.75, 3.05) is 17.6 Å². The Balaban J connectivity index is 1.98. The smallest absolute Gasteiger partial charge is 0.149 e. The van der Waals surface area contributed by atoms with E-state index in [4.69, 9.17) is 5.73 Å². The number of aromatic nitrogens is 1. The number of anilines is 2. The van der Waals surface area contributed by atoms with Gasteiger partial charge in [0.1, 0.15) is 5.82 Å². The summed E-state index contributed by atoms with van der Waals surface area (Å²) in [6, 6.07) is 3.76. The summed E-state index contributed by atoms with van der Waals surface area (Å²) in [4.78, 5) is 4.27. The van der Waals surface area contributed by atoms with Gasteiger partial charge in [0.15, 0.2) is 0 Å². The Bertz CT molecular complexity index is 343. The molecule has 3 heteroatoms. The van der Waals surface area contributed by atoms with Crippen LogP contribution in [0.5, 0.6) is 0 Å². The fourth-order valence-electron chi connectivity index (χ4n) is 2.62. The molecular weight excluding hydrogens is 198 g/mol. The first kappa shape index (κ1) is 11.2. The van der Waals surface area contributed by atoms with Gasteiger partial charge in [0.05, 0.1) is 5.69 Å². The second-order valence-electron chi connectivity index (χ2n) is 4.86. The summed E-state index contributed by atoms with van der Waals surface area (Å²) >= 11 is 0. The van der Waals surface area contributed by atoms with Gasteiger partial charge in [-0.25, -0.2) is 4.98 Å². The highest BCUT2D eigenvalue weighted by atomic mass is 15.0. The lowest BCUT2D eigenvalue weighted by Gasteiger charge is -2.28. The standard InChI is InChI=1S/C13H21N3/c1-2-13(7-3-4-8-13)10-16-12-11(14)6-5-9-15-12/h5-6,9H,2-4,7-8,10,14H2,1H3,(H,15,16). The van der Waals surface area contributed by atoms with Crippen LogP contribution in [0.4, 0.5) is 11.5 Å². The molecule has 0 spiro atoms. The topological polar surface area (TPSA) is 50.9 Å². The van der Waals surface area contributed by atoms with Crippen LogP contribution in [0, 0.1) is 5.41 Å². The van der Waals surface area contributed by atoms with Crippen molar-refractivity contribution in [3.8, 4) is 0 Å². The maximum atomic E-state index is 5.86. The van der Waals surface area contributed by atoms with Crippen molar-refractivity contribution >= 4 is 11.5 Å². The number of nitrogens with one attached hydrogen (secondary N) is 1. The van der Waals surface area contributed by atoms with Gasteiger partial charge in [0.25, 0.3) is 0 Å².